The van der Waals surface area contributed by atoms with Gasteiger partial charge >= 0.3 is 0 Å². The first-order valence-electron chi connectivity index (χ1n) is 9.63. The van der Waals surface area contributed by atoms with Gasteiger partial charge in [-0.1, -0.05) is 26.0 Å². The van der Waals surface area contributed by atoms with Crippen molar-refractivity contribution in [1.82, 2.24) is 4.72 Å². The van der Waals surface area contributed by atoms with E-state index in [4.69, 9.17) is 4.74 Å². The van der Waals surface area contributed by atoms with E-state index in [2.05, 4.69) is 23.9 Å². The Kier molecular flexibility index (Phi) is 7.34. The lowest BCUT2D eigenvalue weighted by Crippen LogP contribution is -2.31. The molecule has 2 N–H and O–H groups in total. The highest BCUT2D eigenvalue weighted by atomic mass is 32.2. The number of nitrogens with one attached hydrogen (secondary N) is 2. The van der Waals surface area contributed by atoms with Gasteiger partial charge in [-0.15, -0.1) is 11.8 Å². The lowest BCUT2D eigenvalue weighted by Gasteiger charge is -2.13. The molecule has 29 heavy (non-hydrogen) atoms. The summed E-state index contributed by atoms with van der Waals surface area (Å²) < 4.78 is 32.9. The molecule has 2 aromatic carbocycles. The molecule has 3 rings (SSSR count). The second-order valence-electron chi connectivity index (χ2n) is 7.13. The molecule has 6 nitrogen and oxygen atoms in total. The smallest absolute Gasteiger partial charge is 0.256 e. The highest BCUT2D eigenvalue weighted by molar-refractivity contribution is 8.00. The van der Waals surface area contributed by atoms with Gasteiger partial charge in [-0.3, -0.25) is 4.79 Å². The molecule has 1 aliphatic rings. The number of anilines is 1. The number of hydrogen-bond donors (Lipinski definition) is 2. The van der Waals surface area contributed by atoms with Crippen molar-refractivity contribution in [2.45, 2.75) is 47.8 Å². The summed E-state index contributed by atoms with van der Waals surface area (Å²) in [7, 11) is -3.61. The van der Waals surface area contributed by atoms with Crippen molar-refractivity contribution in [1.29, 1.82) is 0 Å². The van der Waals surface area contributed by atoms with Crippen LogP contribution in [-0.2, 0) is 14.8 Å². The Bertz CT molecular complexity index is 937. The molecule has 2 aromatic rings. The highest BCUT2D eigenvalue weighted by Gasteiger charge is 2.20. The summed E-state index contributed by atoms with van der Waals surface area (Å²) in [4.78, 5) is 13.7. The van der Waals surface area contributed by atoms with Crippen LogP contribution in [0.3, 0.4) is 0 Å². The maximum Gasteiger partial charge on any atom is 0.256 e. The van der Waals surface area contributed by atoms with Crippen LogP contribution in [0, 0.1) is 0 Å². The number of amides is 1. The second kappa shape index (κ2) is 9.75. The van der Waals surface area contributed by atoms with E-state index in [0.29, 0.717) is 23.1 Å². The number of carbonyl (C=O) groups is 1. The number of thioether (sulfide) groups is 1. The average molecular weight is 435 g/mol. The molecule has 0 aliphatic carbocycles. The Morgan fingerprint density at radius 3 is 2.55 bits per heavy atom. The largest absolute Gasteiger partial charge is 0.377 e. The van der Waals surface area contributed by atoms with Crippen molar-refractivity contribution in [3.05, 3.63) is 54.1 Å². The van der Waals surface area contributed by atoms with Gasteiger partial charge in [-0.05, 0) is 49.2 Å². The molecule has 0 radical (unpaired) electrons. The van der Waals surface area contributed by atoms with Crippen LogP contribution in [0.25, 0.3) is 0 Å². The van der Waals surface area contributed by atoms with Crippen LogP contribution in [0.5, 0.6) is 0 Å². The molecular weight excluding hydrogens is 408 g/mol. The molecule has 0 bridgehead atoms. The Hall–Kier alpha value is -1.87. The van der Waals surface area contributed by atoms with E-state index in [1.807, 2.05) is 18.2 Å². The highest BCUT2D eigenvalue weighted by Crippen LogP contribution is 2.27. The molecule has 8 heteroatoms. The predicted octanol–water partition coefficient (Wildman–Crippen LogP) is 3.90. The molecule has 1 amide bonds. The van der Waals surface area contributed by atoms with E-state index in [9.17, 15) is 13.2 Å². The molecule has 1 unspecified atom stereocenters. The van der Waals surface area contributed by atoms with Gasteiger partial charge in [0.1, 0.15) is 0 Å². The van der Waals surface area contributed by atoms with Crippen LogP contribution in [0.1, 0.15) is 37.0 Å². The summed E-state index contributed by atoms with van der Waals surface area (Å²) in [5.41, 5.74) is 1.14. The fourth-order valence-corrected chi connectivity index (χ4v) is 5.04. The summed E-state index contributed by atoms with van der Waals surface area (Å²) in [6.07, 6.45) is 1.76. The first kappa shape index (κ1) is 21.8. The third kappa shape index (κ3) is 6.05. The number of benzene rings is 2. The van der Waals surface area contributed by atoms with E-state index in [-0.39, 0.29) is 23.5 Å². The Balaban J connectivity index is 1.65. The molecule has 0 spiro atoms. The first-order valence-corrected chi connectivity index (χ1v) is 12.0. The quantitative estimate of drug-likeness (QED) is 0.616. The first-order chi connectivity index (χ1) is 13.8. The van der Waals surface area contributed by atoms with E-state index < -0.39 is 10.0 Å². The van der Waals surface area contributed by atoms with E-state index in [0.717, 1.165) is 17.7 Å². The molecule has 1 atom stereocenters. The van der Waals surface area contributed by atoms with Crippen LogP contribution >= 0.6 is 11.8 Å². The van der Waals surface area contributed by atoms with Crippen LogP contribution in [0.15, 0.2) is 58.3 Å². The van der Waals surface area contributed by atoms with E-state index >= 15 is 0 Å². The SMILES string of the molecule is CC(C)Sc1ccccc1C(=O)Nc1ccc(S(=O)(=O)NCC2CCCO2)cc1. The van der Waals surface area contributed by atoms with Gasteiger partial charge in [0.15, 0.2) is 0 Å². The summed E-state index contributed by atoms with van der Waals surface area (Å²) in [6.45, 7) is 5.10. The molecule has 0 saturated carbocycles. The van der Waals surface area contributed by atoms with Crippen molar-refractivity contribution in [3.63, 3.8) is 0 Å². The lowest BCUT2D eigenvalue weighted by molar-refractivity contribution is 0.102. The van der Waals surface area contributed by atoms with Crippen LogP contribution in [0.4, 0.5) is 5.69 Å². The fourth-order valence-electron chi connectivity index (χ4n) is 3.02. The van der Waals surface area contributed by atoms with Crippen molar-refractivity contribution >= 4 is 33.4 Å². The number of carbonyl (C=O) groups excluding carboxylic acids is 1. The summed E-state index contributed by atoms with van der Waals surface area (Å²) in [5.74, 6) is -0.221. The van der Waals surface area contributed by atoms with Gasteiger partial charge < -0.3 is 10.1 Å². The van der Waals surface area contributed by atoms with Gasteiger partial charge in [0.25, 0.3) is 5.91 Å². The zero-order chi connectivity index (χ0) is 20.9. The standard InChI is InChI=1S/C21H26N2O4S2/c1-15(2)28-20-8-4-3-7-19(20)21(24)23-16-9-11-18(12-10-16)29(25,26)22-14-17-6-5-13-27-17/h3-4,7-12,15,17,22H,5-6,13-14H2,1-2H3,(H,23,24). The Labute approximate surface area is 176 Å². The number of rotatable bonds is 8. The lowest BCUT2D eigenvalue weighted by atomic mass is 10.2. The molecule has 1 saturated heterocycles. The number of sulfonamides is 1. The summed E-state index contributed by atoms with van der Waals surface area (Å²) in [5, 5.41) is 3.20. The normalized spacial score (nSPS) is 16.9. The minimum atomic E-state index is -3.61. The molecule has 0 aromatic heterocycles. The van der Waals surface area contributed by atoms with Gasteiger partial charge in [0, 0.05) is 29.0 Å². The van der Waals surface area contributed by atoms with Gasteiger partial charge in [0.05, 0.1) is 16.6 Å². The van der Waals surface area contributed by atoms with Crippen molar-refractivity contribution in [2.24, 2.45) is 0 Å². The Morgan fingerprint density at radius 1 is 1.17 bits per heavy atom. The Morgan fingerprint density at radius 2 is 1.90 bits per heavy atom. The summed E-state index contributed by atoms with van der Waals surface area (Å²) >= 11 is 1.63. The molecular formula is C21H26N2O4S2. The molecule has 1 heterocycles. The van der Waals surface area contributed by atoms with Crippen molar-refractivity contribution in [2.75, 3.05) is 18.5 Å². The molecule has 1 fully saturated rings. The molecule has 156 valence electrons. The minimum Gasteiger partial charge on any atom is -0.377 e. The monoisotopic (exact) mass is 434 g/mol. The minimum absolute atomic E-state index is 0.0629. The third-order valence-electron chi connectivity index (χ3n) is 4.44. The number of ether oxygens (including phenoxy) is 1. The van der Waals surface area contributed by atoms with Crippen LogP contribution in [-0.4, -0.2) is 38.8 Å². The van der Waals surface area contributed by atoms with Crippen LogP contribution < -0.4 is 10.0 Å². The van der Waals surface area contributed by atoms with E-state index in [1.54, 1.807) is 30.0 Å². The second-order valence-corrected chi connectivity index (χ2v) is 10.5. The van der Waals surface area contributed by atoms with Gasteiger partial charge in [-0.25, -0.2) is 13.1 Å². The van der Waals surface area contributed by atoms with Crippen molar-refractivity contribution in [3.8, 4) is 0 Å². The zero-order valence-electron chi connectivity index (χ0n) is 16.6. The zero-order valence-corrected chi connectivity index (χ0v) is 18.2. The topological polar surface area (TPSA) is 84.5 Å². The van der Waals surface area contributed by atoms with Gasteiger partial charge in [-0.2, -0.15) is 0 Å². The molecule has 1 aliphatic heterocycles. The average Bonchev–Trinajstić information content (AvgIpc) is 3.20. The maximum atomic E-state index is 12.7. The third-order valence-corrected chi connectivity index (χ3v) is 6.96. The number of hydrogen-bond acceptors (Lipinski definition) is 5. The van der Waals surface area contributed by atoms with Crippen molar-refractivity contribution < 1.29 is 17.9 Å². The van der Waals surface area contributed by atoms with Gasteiger partial charge in [0.2, 0.25) is 10.0 Å². The van der Waals surface area contributed by atoms with E-state index in [1.165, 1.54) is 12.1 Å². The maximum absolute atomic E-state index is 12.7. The summed E-state index contributed by atoms with van der Waals surface area (Å²) in [6, 6.07) is 13.6. The predicted molar refractivity (Wildman–Crippen MR) is 116 cm³/mol. The van der Waals surface area contributed by atoms with Crippen LogP contribution in [0.2, 0.25) is 0 Å². The fraction of sp³-hybridized carbons (Fsp3) is 0.381.